The molecule has 0 atom stereocenters. The van der Waals surface area contributed by atoms with Gasteiger partial charge in [-0.15, -0.1) is 26.3 Å². The number of carbonyl (C=O) groups is 2. The second kappa shape index (κ2) is 15.5. The van der Waals surface area contributed by atoms with Gasteiger partial charge in [-0.1, -0.05) is 17.7 Å². The van der Waals surface area contributed by atoms with E-state index in [9.17, 15) is 44.7 Å². The minimum absolute atomic E-state index is 0.0522. The van der Waals surface area contributed by atoms with Gasteiger partial charge in [-0.2, -0.15) is 0 Å². The fourth-order valence-corrected chi connectivity index (χ4v) is 4.40. The third kappa shape index (κ3) is 10.1. The van der Waals surface area contributed by atoms with E-state index in [1.807, 2.05) is 0 Å². The number of benzene rings is 4. The van der Waals surface area contributed by atoms with Crippen LogP contribution in [0.1, 0.15) is 45.0 Å². The van der Waals surface area contributed by atoms with Crippen LogP contribution >= 0.6 is 11.6 Å². The van der Waals surface area contributed by atoms with Crippen LogP contribution in [0, 0.1) is 11.6 Å². The van der Waals surface area contributed by atoms with Crippen LogP contribution < -0.4 is 18.9 Å². The monoisotopic (exact) mass is 734 g/mol. The Bertz CT molecular complexity index is 1820. The molecule has 1 saturated carbocycles. The Morgan fingerprint density at radius 3 is 1.36 bits per heavy atom. The Morgan fingerprint density at radius 2 is 0.980 bits per heavy atom. The maximum absolute atomic E-state index is 14.7. The van der Waals surface area contributed by atoms with Gasteiger partial charge in [-0.25, -0.2) is 18.4 Å². The number of esters is 2. The SMILES string of the molecule is COC(=O)c1c(Oc2ccc(OC(F)(F)F)cc2)ccc(C2CC2)c1F.COC(=O)c1c(Oc2ccc(OC(F)(F)F)cc2)ccc(Cl)c1F. The number of hydrogen-bond acceptors (Lipinski definition) is 8. The highest BCUT2D eigenvalue weighted by Crippen LogP contribution is 2.44. The van der Waals surface area contributed by atoms with Crippen LogP contribution in [0.5, 0.6) is 34.5 Å². The first-order valence-electron chi connectivity index (χ1n) is 14.0. The van der Waals surface area contributed by atoms with Gasteiger partial charge in [-0.3, -0.25) is 0 Å². The lowest BCUT2D eigenvalue weighted by molar-refractivity contribution is -0.275. The Morgan fingerprint density at radius 1 is 0.600 bits per heavy atom. The molecule has 8 nitrogen and oxygen atoms in total. The van der Waals surface area contributed by atoms with E-state index in [1.54, 1.807) is 0 Å². The molecular formula is C33H23ClF8O8. The van der Waals surface area contributed by atoms with E-state index in [0.717, 1.165) is 63.5 Å². The molecule has 0 aliphatic heterocycles. The van der Waals surface area contributed by atoms with Gasteiger partial charge in [0.05, 0.1) is 19.2 Å². The third-order valence-electron chi connectivity index (χ3n) is 6.56. The number of halogens is 9. The zero-order chi connectivity index (χ0) is 36.8. The molecule has 1 aliphatic rings. The second-order valence-electron chi connectivity index (χ2n) is 10.1. The van der Waals surface area contributed by atoms with Crippen molar-refractivity contribution in [3.63, 3.8) is 0 Å². The van der Waals surface area contributed by atoms with E-state index >= 15 is 0 Å². The van der Waals surface area contributed by atoms with Crippen molar-refractivity contribution in [2.24, 2.45) is 0 Å². The molecule has 0 spiro atoms. The topological polar surface area (TPSA) is 89.5 Å². The fraction of sp³-hybridized carbons (Fsp3) is 0.212. The van der Waals surface area contributed by atoms with Gasteiger partial charge in [0.25, 0.3) is 0 Å². The molecule has 4 aromatic rings. The van der Waals surface area contributed by atoms with E-state index in [0.29, 0.717) is 5.56 Å². The molecule has 1 aliphatic carbocycles. The van der Waals surface area contributed by atoms with Crippen molar-refractivity contribution in [3.8, 4) is 34.5 Å². The summed E-state index contributed by atoms with van der Waals surface area (Å²) in [4.78, 5) is 23.6. The molecule has 0 amide bonds. The molecule has 1 fully saturated rings. The predicted molar refractivity (Wildman–Crippen MR) is 159 cm³/mol. The van der Waals surface area contributed by atoms with Gasteiger partial charge in [-0.05, 0) is 91.1 Å². The zero-order valence-corrected chi connectivity index (χ0v) is 26.3. The summed E-state index contributed by atoms with van der Waals surface area (Å²) in [5, 5.41) is -0.309. The largest absolute Gasteiger partial charge is 0.573 e. The molecule has 50 heavy (non-hydrogen) atoms. The summed E-state index contributed by atoms with van der Waals surface area (Å²) in [5.41, 5.74) is -0.445. The number of hydrogen-bond donors (Lipinski definition) is 0. The van der Waals surface area contributed by atoms with Gasteiger partial charge in [0.2, 0.25) is 0 Å². The van der Waals surface area contributed by atoms with Gasteiger partial charge in [0.1, 0.15) is 51.4 Å². The third-order valence-corrected chi connectivity index (χ3v) is 6.85. The second-order valence-corrected chi connectivity index (χ2v) is 10.5. The molecule has 4 aromatic carbocycles. The van der Waals surface area contributed by atoms with Crippen LogP contribution in [-0.4, -0.2) is 38.9 Å². The van der Waals surface area contributed by atoms with Gasteiger partial charge in [0, 0.05) is 0 Å². The normalized spacial score (nSPS) is 12.6. The first-order chi connectivity index (χ1) is 23.5. The summed E-state index contributed by atoms with van der Waals surface area (Å²) in [6, 6.07) is 14.3. The summed E-state index contributed by atoms with van der Waals surface area (Å²) >= 11 is 5.61. The number of carbonyl (C=O) groups excluding carboxylic acids is 2. The standard InChI is InChI=1S/C18H14F4O4.C15H9ClF4O4/c1-24-17(23)15-14(9-8-13(16(15)19)10-2-3-10)25-11-4-6-12(7-5-11)26-18(20,21)22;1-22-14(21)12-11(7-6-10(16)13(12)17)23-8-2-4-9(5-3-8)24-15(18,19)20/h4-10H,2-3H2,1H3;2-7H,1H3. The molecule has 0 saturated heterocycles. The highest BCUT2D eigenvalue weighted by Gasteiger charge is 2.33. The van der Waals surface area contributed by atoms with E-state index in [2.05, 4.69) is 18.9 Å². The lowest BCUT2D eigenvalue weighted by Gasteiger charge is -2.14. The summed E-state index contributed by atoms with van der Waals surface area (Å²) in [7, 11) is 2.17. The first kappa shape index (κ1) is 37.6. The molecule has 0 unspecified atom stereocenters. The van der Waals surface area contributed by atoms with E-state index in [1.165, 1.54) is 36.4 Å². The van der Waals surface area contributed by atoms with Crippen LogP contribution in [-0.2, 0) is 9.47 Å². The Hall–Kier alpha value is -5.25. The lowest BCUT2D eigenvalue weighted by Crippen LogP contribution is -2.16. The summed E-state index contributed by atoms with van der Waals surface area (Å²) in [5.74, 6) is -4.55. The lowest BCUT2D eigenvalue weighted by atomic mass is 10.0. The number of alkyl halides is 6. The molecule has 0 aromatic heterocycles. The van der Waals surface area contributed by atoms with Crippen LogP contribution in [0.25, 0.3) is 0 Å². The molecule has 5 rings (SSSR count). The van der Waals surface area contributed by atoms with Gasteiger partial charge in [0.15, 0.2) is 5.82 Å². The molecule has 17 heteroatoms. The molecular weight excluding hydrogens is 712 g/mol. The smallest absolute Gasteiger partial charge is 0.465 e. The molecule has 0 radical (unpaired) electrons. The highest BCUT2D eigenvalue weighted by molar-refractivity contribution is 6.31. The quantitative estimate of drug-likeness (QED) is 0.124. The predicted octanol–water partition coefficient (Wildman–Crippen LogP) is 10.1. The van der Waals surface area contributed by atoms with Crippen LogP contribution in [0.15, 0.2) is 72.8 Å². The van der Waals surface area contributed by atoms with Crippen LogP contribution in [0.4, 0.5) is 35.1 Å². The van der Waals surface area contributed by atoms with E-state index in [-0.39, 0.29) is 39.5 Å². The summed E-state index contributed by atoms with van der Waals surface area (Å²) < 4.78 is 129. The van der Waals surface area contributed by atoms with E-state index < -0.39 is 53.4 Å². The molecule has 0 heterocycles. The molecule has 0 bridgehead atoms. The first-order valence-corrected chi connectivity index (χ1v) is 14.4. The fourth-order valence-electron chi connectivity index (χ4n) is 4.24. The molecule has 0 N–H and O–H groups in total. The number of rotatable bonds is 9. The van der Waals surface area contributed by atoms with Crippen molar-refractivity contribution in [2.75, 3.05) is 14.2 Å². The average molecular weight is 735 g/mol. The highest BCUT2D eigenvalue weighted by atomic mass is 35.5. The van der Waals surface area contributed by atoms with Crippen molar-refractivity contribution >= 4 is 23.5 Å². The maximum atomic E-state index is 14.7. The average Bonchev–Trinajstić information content (AvgIpc) is 3.89. The Kier molecular flexibility index (Phi) is 11.7. The van der Waals surface area contributed by atoms with Crippen molar-refractivity contribution in [2.45, 2.75) is 31.5 Å². The Balaban J connectivity index is 0.000000226. The summed E-state index contributed by atoms with van der Waals surface area (Å²) in [6.45, 7) is 0. The van der Waals surface area contributed by atoms with Crippen molar-refractivity contribution in [1.29, 1.82) is 0 Å². The van der Waals surface area contributed by atoms with E-state index in [4.69, 9.17) is 21.1 Å². The minimum Gasteiger partial charge on any atom is -0.465 e. The number of methoxy groups -OCH3 is 2. The van der Waals surface area contributed by atoms with Gasteiger partial charge < -0.3 is 28.4 Å². The molecule has 266 valence electrons. The van der Waals surface area contributed by atoms with Crippen molar-refractivity contribution < 1.29 is 73.1 Å². The van der Waals surface area contributed by atoms with Crippen molar-refractivity contribution in [3.05, 3.63) is 106 Å². The Labute approximate surface area is 283 Å². The maximum Gasteiger partial charge on any atom is 0.573 e. The minimum atomic E-state index is -4.82. The summed E-state index contributed by atoms with van der Waals surface area (Å²) in [6.07, 6.45) is -7.93. The van der Waals surface area contributed by atoms with Gasteiger partial charge >= 0.3 is 24.7 Å². The number of ether oxygens (including phenoxy) is 6. The van der Waals surface area contributed by atoms with Crippen LogP contribution in [0.3, 0.4) is 0 Å². The van der Waals surface area contributed by atoms with Crippen LogP contribution in [0.2, 0.25) is 5.02 Å². The zero-order valence-electron chi connectivity index (χ0n) is 25.6. The van der Waals surface area contributed by atoms with Crippen molar-refractivity contribution in [1.82, 2.24) is 0 Å².